The van der Waals surface area contributed by atoms with E-state index in [4.69, 9.17) is 11.6 Å². The number of benzene rings is 1. The molecular formula is C13H13ClN2O3. The third kappa shape index (κ3) is 2.46. The Kier molecular flexibility index (Phi) is 3.57. The maximum absolute atomic E-state index is 11.8. The molecule has 1 heterocycles. The van der Waals surface area contributed by atoms with Gasteiger partial charge in [0.2, 0.25) is 0 Å². The Morgan fingerprint density at radius 1 is 1.47 bits per heavy atom. The van der Waals surface area contributed by atoms with Crippen molar-refractivity contribution in [3.05, 3.63) is 34.9 Å². The lowest BCUT2D eigenvalue weighted by molar-refractivity contribution is -0.141. The van der Waals surface area contributed by atoms with Crippen molar-refractivity contribution in [1.82, 2.24) is 4.90 Å². The molecule has 2 rings (SSSR count). The SMILES string of the molecule is CC1=NC(=O)N(C)C(c2cccc(Cl)c2)C1C(=O)O. The lowest BCUT2D eigenvalue weighted by Crippen LogP contribution is -2.44. The zero-order chi connectivity index (χ0) is 14.2. The molecule has 0 fully saturated rings. The van der Waals surface area contributed by atoms with Gasteiger partial charge in [-0.15, -0.1) is 0 Å². The van der Waals surface area contributed by atoms with Gasteiger partial charge in [0.1, 0.15) is 5.92 Å². The van der Waals surface area contributed by atoms with E-state index in [1.807, 2.05) is 0 Å². The predicted octanol–water partition coefficient (Wildman–Crippen LogP) is 2.61. The average Bonchev–Trinajstić information content (AvgIpc) is 2.32. The molecule has 0 spiro atoms. The lowest BCUT2D eigenvalue weighted by Gasteiger charge is -2.35. The smallest absolute Gasteiger partial charge is 0.343 e. The predicted molar refractivity (Wildman–Crippen MR) is 71.6 cm³/mol. The molecule has 0 radical (unpaired) electrons. The Morgan fingerprint density at radius 2 is 2.16 bits per heavy atom. The lowest BCUT2D eigenvalue weighted by atomic mass is 9.87. The second-order valence-corrected chi connectivity index (χ2v) is 4.90. The molecule has 2 atom stereocenters. The monoisotopic (exact) mass is 280 g/mol. The highest BCUT2D eigenvalue weighted by Gasteiger charge is 2.40. The summed E-state index contributed by atoms with van der Waals surface area (Å²) < 4.78 is 0. The van der Waals surface area contributed by atoms with Crippen LogP contribution in [0.1, 0.15) is 18.5 Å². The van der Waals surface area contributed by atoms with Crippen LogP contribution in [0.25, 0.3) is 0 Å². The summed E-state index contributed by atoms with van der Waals surface area (Å²) in [5.74, 6) is -1.87. The van der Waals surface area contributed by atoms with Crippen LogP contribution in [0.15, 0.2) is 29.3 Å². The van der Waals surface area contributed by atoms with E-state index in [1.54, 1.807) is 38.2 Å². The number of nitrogens with zero attached hydrogens (tertiary/aromatic N) is 2. The van der Waals surface area contributed by atoms with Crippen molar-refractivity contribution in [2.45, 2.75) is 13.0 Å². The van der Waals surface area contributed by atoms with E-state index in [-0.39, 0.29) is 0 Å². The molecule has 100 valence electrons. The summed E-state index contributed by atoms with van der Waals surface area (Å²) in [5.41, 5.74) is 0.991. The summed E-state index contributed by atoms with van der Waals surface area (Å²) >= 11 is 5.93. The summed E-state index contributed by atoms with van der Waals surface area (Å²) in [5, 5.41) is 9.86. The molecule has 0 saturated heterocycles. The minimum atomic E-state index is -1.01. The third-order valence-corrected chi connectivity index (χ3v) is 3.45. The fourth-order valence-corrected chi connectivity index (χ4v) is 2.49. The minimum Gasteiger partial charge on any atom is -0.481 e. The van der Waals surface area contributed by atoms with Crippen molar-refractivity contribution in [3.8, 4) is 0 Å². The van der Waals surface area contributed by atoms with Crippen molar-refractivity contribution in [1.29, 1.82) is 0 Å². The van der Waals surface area contributed by atoms with Crippen LogP contribution >= 0.6 is 11.6 Å². The molecule has 2 amide bonds. The van der Waals surface area contributed by atoms with Gasteiger partial charge >= 0.3 is 12.0 Å². The second kappa shape index (κ2) is 5.01. The van der Waals surface area contributed by atoms with Gasteiger partial charge in [0.25, 0.3) is 0 Å². The van der Waals surface area contributed by atoms with Crippen LogP contribution in [-0.4, -0.2) is 34.8 Å². The van der Waals surface area contributed by atoms with Crippen LogP contribution in [-0.2, 0) is 4.79 Å². The quantitative estimate of drug-likeness (QED) is 0.905. The van der Waals surface area contributed by atoms with E-state index in [1.165, 1.54) is 4.90 Å². The number of carbonyl (C=O) groups is 2. The number of carboxylic acid groups (broad SMARTS) is 1. The fraction of sp³-hybridized carbons (Fsp3) is 0.308. The molecule has 1 aromatic rings. The number of rotatable bonds is 2. The highest BCUT2D eigenvalue weighted by molar-refractivity contribution is 6.30. The first-order valence-corrected chi connectivity index (χ1v) is 6.10. The molecule has 0 aromatic heterocycles. The normalized spacial score (nSPS) is 23.2. The molecule has 6 heteroatoms. The number of hydrogen-bond donors (Lipinski definition) is 1. The summed E-state index contributed by atoms with van der Waals surface area (Å²) in [6, 6.07) is 5.82. The van der Waals surface area contributed by atoms with Gasteiger partial charge in [0.15, 0.2) is 0 Å². The fourth-order valence-electron chi connectivity index (χ4n) is 2.29. The number of carbonyl (C=O) groups excluding carboxylic acids is 1. The number of hydrogen-bond acceptors (Lipinski definition) is 2. The van der Waals surface area contributed by atoms with E-state index < -0.39 is 24.0 Å². The van der Waals surface area contributed by atoms with Crippen LogP contribution in [0.4, 0.5) is 4.79 Å². The number of aliphatic carboxylic acids is 1. The summed E-state index contributed by atoms with van der Waals surface area (Å²) in [6.07, 6.45) is 0. The summed E-state index contributed by atoms with van der Waals surface area (Å²) in [7, 11) is 1.54. The molecular weight excluding hydrogens is 268 g/mol. The molecule has 19 heavy (non-hydrogen) atoms. The van der Waals surface area contributed by atoms with E-state index in [0.29, 0.717) is 16.3 Å². The van der Waals surface area contributed by atoms with Gasteiger partial charge in [-0.3, -0.25) is 4.79 Å². The van der Waals surface area contributed by atoms with Crippen molar-refractivity contribution in [3.63, 3.8) is 0 Å². The Labute approximate surface area is 115 Å². The van der Waals surface area contributed by atoms with Gasteiger partial charge in [-0.2, -0.15) is 0 Å². The number of amides is 2. The number of halogens is 1. The number of urea groups is 1. The molecule has 1 aromatic carbocycles. The third-order valence-electron chi connectivity index (χ3n) is 3.21. The molecule has 1 aliphatic rings. The largest absolute Gasteiger partial charge is 0.481 e. The van der Waals surface area contributed by atoms with E-state index in [0.717, 1.165) is 0 Å². The summed E-state index contributed by atoms with van der Waals surface area (Å²) in [4.78, 5) is 28.3. The van der Waals surface area contributed by atoms with E-state index in [2.05, 4.69) is 4.99 Å². The maximum Gasteiger partial charge on any atom is 0.343 e. The maximum atomic E-state index is 11.8. The highest BCUT2D eigenvalue weighted by atomic mass is 35.5. The standard InChI is InChI=1S/C13H13ClN2O3/c1-7-10(12(17)18)11(16(2)13(19)15-7)8-4-3-5-9(14)6-8/h3-6,10-11H,1-2H3,(H,17,18). The molecule has 0 aliphatic carbocycles. The first kappa shape index (κ1) is 13.5. The zero-order valence-corrected chi connectivity index (χ0v) is 11.3. The zero-order valence-electron chi connectivity index (χ0n) is 10.5. The molecule has 5 nitrogen and oxygen atoms in total. The first-order chi connectivity index (χ1) is 8.91. The molecule has 0 saturated carbocycles. The Bertz CT molecular complexity index is 571. The Hall–Kier alpha value is -1.88. The van der Waals surface area contributed by atoms with Crippen LogP contribution in [0.5, 0.6) is 0 Å². The Morgan fingerprint density at radius 3 is 2.74 bits per heavy atom. The molecule has 1 N–H and O–H groups in total. The minimum absolute atomic E-state index is 0.306. The molecule has 1 aliphatic heterocycles. The van der Waals surface area contributed by atoms with E-state index in [9.17, 15) is 14.7 Å². The van der Waals surface area contributed by atoms with Gasteiger partial charge in [0.05, 0.1) is 6.04 Å². The van der Waals surface area contributed by atoms with Crippen molar-refractivity contribution in [2.24, 2.45) is 10.9 Å². The highest BCUT2D eigenvalue weighted by Crippen LogP contribution is 2.34. The number of carboxylic acids is 1. The number of aliphatic imine (C=N–C) groups is 1. The van der Waals surface area contributed by atoms with Gasteiger partial charge < -0.3 is 10.0 Å². The van der Waals surface area contributed by atoms with Crippen LogP contribution in [0.3, 0.4) is 0 Å². The first-order valence-electron chi connectivity index (χ1n) is 5.72. The van der Waals surface area contributed by atoms with Crippen molar-refractivity contribution in [2.75, 3.05) is 7.05 Å². The van der Waals surface area contributed by atoms with Crippen molar-refractivity contribution >= 4 is 29.3 Å². The van der Waals surface area contributed by atoms with Gasteiger partial charge in [-0.25, -0.2) is 9.79 Å². The Balaban J connectivity index is 2.54. The summed E-state index contributed by atoms with van der Waals surface area (Å²) in [6.45, 7) is 1.56. The van der Waals surface area contributed by atoms with Crippen LogP contribution < -0.4 is 0 Å². The molecule has 0 bridgehead atoms. The molecule has 2 unspecified atom stereocenters. The van der Waals surface area contributed by atoms with Crippen molar-refractivity contribution < 1.29 is 14.7 Å². The van der Waals surface area contributed by atoms with Crippen LogP contribution in [0.2, 0.25) is 5.02 Å². The van der Waals surface area contributed by atoms with Gasteiger partial charge in [-0.05, 0) is 24.6 Å². The average molecular weight is 281 g/mol. The topological polar surface area (TPSA) is 70.0 Å². The van der Waals surface area contributed by atoms with E-state index >= 15 is 0 Å². The van der Waals surface area contributed by atoms with Gasteiger partial charge in [0, 0.05) is 17.8 Å². The van der Waals surface area contributed by atoms with Gasteiger partial charge in [-0.1, -0.05) is 23.7 Å². The van der Waals surface area contributed by atoms with Crippen LogP contribution in [0, 0.1) is 5.92 Å². The second-order valence-electron chi connectivity index (χ2n) is 4.46.